The second-order valence-electron chi connectivity index (χ2n) is 8.89. The Bertz CT molecular complexity index is 1660. The minimum absolute atomic E-state index is 0.213. The zero-order valence-corrected chi connectivity index (χ0v) is 22.0. The maximum Gasteiger partial charge on any atom is 0.323 e. The lowest BCUT2D eigenvalue weighted by atomic mass is 10.0. The van der Waals surface area contributed by atoms with Crippen LogP contribution in [0.25, 0.3) is 27.3 Å². The maximum absolute atomic E-state index is 12.4. The summed E-state index contributed by atoms with van der Waals surface area (Å²) in [5.74, 6) is 0.203. The number of pyridine rings is 2. The standard InChI is InChI=1S/C30H26N6O2S/c1-19-4-2-6-24(14-19)36-30(38)35-23-10-7-21(8-11-23)25-18-39-28-22(17-34-29(31)27(25)28)9-12-26(37)33-16-20-5-3-13-32-15-20/h2-15,17-18H,16H2,1H3,(H2,31,34)(H,33,37)(H2,35,36,38)/b12-9+. The van der Waals surface area contributed by atoms with Crippen LogP contribution in [-0.4, -0.2) is 21.9 Å². The minimum atomic E-state index is -0.316. The van der Waals surface area contributed by atoms with E-state index in [1.807, 2.05) is 73.0 Å². The normalized spacial score (nSPS) is 11.0. The van der Waals surface area contributed by atoms with Crippen LogP contribution in [0.1, 0.15) is 16.7 Å². The number of benzene rings is 2. The number of hydrogen-bond donors (Lipinski definition) is 4. The quantitative estimate of drug-likeness (QED) is 0.185. The molecule has 5 rings (SSSR count). The van der Waals surface area contributed by atoms with E-state index in [9.17, 15) is 9.59 Å². The van der Waals surface area contributed by atoms with Gasteiger partial charge in [-0.15, -0.1) is 11.3 Å². The lowest BCUT2D eigenvalue weighted by Crippen LogP contribution is -2.20. The van der Waals surface area contributed by atoms with Crippen molar-refractivity contribution in [3.8, 4) is 11.1 Å². The van der Waals surface area contributed by atoms with Crippen molar-refractivity contribution in [3.63, 3.8) is 0 Å². The number of nitrogens with one attached hydrogen (secondary N) is 3. The van der Waals surface area contributed by atoms with Gasteiger partial charge in [0.05, 0.1) is 0 Å². The molecule has 0 unspecified atom stereocenters. The molecule has 0 spiro atoms. The molecule has 9 heteroatoms. The fraction of sp³-hybridized carbons (Fsp3) is 0.0667. The Hall–Kier alpha value is -5.02. The van der Waals surface area contributed by atoms with Crippen LogP contribution in [0.15, 0.2) is 90.7 Å². The number of aryl methyl sites for hydroxylation is 1. The molecule has 3 amide bonds. The molecule has 0 fully saturated rings. The van der Waals surface area contributed by atoms with Crippen molar-refractivity contribution in [3.05, 3.63) is 107 Å². The summed E-state index contributed by atoms with van der Waals surface area (Å²) in [6.45, 7) is 2.37. The van der Waals surface area contributed by atoms with Gasteiger partial charge >= 0.3 is 6.03 Å². The average molecular weight is 535 g/mol. The highest BCUT2D eigenvalue weighted by Gasteiger charge is 2.14. The van der Waals surface area contributed by atoms with Gasteiger partial charge in [-0.2, -0.15) is 0 Å². The van der Waals surface area contributed by atoms with Crippen LogP contribution in [0, 0.1) is 6.92 Å². The molecule has 0 atom stereocenters. The van der Waals surface area contributed by atoms with Crippen molar-refractivity contribution in [2.24, 2.45) is 0 Å². The molecule has 0 saturated heterocycles. The largest absolute Gasteiger partial charge is 0.383 e. The number of fused-ring (bicyclic) bond motifs is 1. The number of amides is 3. The van der Waals surface area contributed by atoms with Gasteiger partial charge in [0.1, 0.15) is 5.82 Å². The molecule has 0 aliphatic carbocycles. The number of nitrogens with zero attached hydrogens (tertiary/aromatic N) is 2. The van der Waals surface area contributed by atoms with E-state index in [0.717, 1.165) is 43.6 Å². The Morgan fingerprint density at radius 1 is 1.00 bits per heavy atom. The number of rotatable bonds is 7. The van der Waals surface area contributed by atoms with Gasteiger partial charge in [-0.05, 0) is 65.4 Å². The summed E-state index contributed by atoms with van der Waals surface area (Å²) >= 11 is 1.54. The first-order valence-corrected chi connectivity index (χ1v) is 13.1. The third-order valence-electron chi connectivity index (χ3n) is 5.99. The van der Waals surface area contributed by atoms with Crippen molar-refractivity contribution in [2.75, 3.05) is 16.4 Å². The molecular formula is C30H26N6O2S. The summed E-state index contributed by atoms with van der Waals surface area (Å²) < 4.78 is 0.938. The van der Waals surface area contributed by atoms with Crippen molar-refractivity contribution in [1.82, 2.24) is 15.3 Å². The van der Waals surface area contributed by atoms with Gasteiger partial charge in [-0.3, -0.25) is 9.78 Å². The Morgan fingerprint density at radius 3 is 2.59 bits per heavy atom. The highest BCUT2D eigenvalue weighted by Crippen LogP contribution is 2.39. The molecular weight excluding hydrogens is 508 g/mol. The molecule has 8 nitrogen and oxygen atoms in total. The van der Waals surface area contributed by atoms with Gasteiger partial charge in [0.15, 0.2) is 0 Å². The number of anilines is 3. The van der Waals surface area contributed by atoms with E-state index < -0.39 is 0 Å². The second kappa shape index (κ2) is 11.6. The van der Waals surface area contributed by atoms with E-state index in [-0.39, 0.29) is 11.9 Å². The van der Waals surface area contributed by atoms with E-state index in [4.69, 9.17) is 5.73 Å². The van der Waals surface area contributed by atoms with Gasteiger partial charge in [-0.25, -0.2) is 9.78 Å². The van der Waals surface area contributed by atoms with Gasteiger partial charge in [0.25, 0.3) is 0 Å². The molecule has 194 valence electrons. The minimum Gasteiger partial charge on any atom is -0.383 e. The summed E-state index contributed by atoms with van der Waals surface area (Å²) in [7, 11) is 0. The fourth-order valence-electron chi connectivity index (χ4n) is 4.08. The summed E-state index contributed by atoms with van der Waals surface area (Å²) in [4.78, 5) is 33.2. The number of carbonyl (C=O) groups is 2. The smallest absolute Gasteiger partial charge is 0.323 e. The van der Waals surface area contributed by atoms with Gasteiger partial charge in [-0.1, -0.05) is 30.3 Å². The molecule has 0 radical (unpaired) electrons. The Labute approximate surface area is 229 Å². The number of nitrogen functional groups attached to an aromatic ring is 1. The molecule has 0 aliphatic rings. The average Bonchev–Trinajstić information content (AvgIpc) is 3.39. The van der Waals surface area contributed by atoms with E-state index in [2.05, 4.69) is 25.9 Å². The Kier molecular flexibility index (Phi) is 7.60. The van der Waals surface area contributed by atoms with Crippen LogP contribution < -0.4 is 21.7 Å². The number of nitrogens with two attached hydrogens (primary N) is 1. The molecule has 2 aromatic carbocycles. The molecule has 0 bridgehead atoms. The van der Waals surface area contributed by atoms with Crippen molar-refractivity contribution in [2.45, 2.75) is 13.5 Å². The summed E-state index contributed by atoms with van der Waals surface area (Å²) in [6.07, 6.45) is 8.31. The number of hydrogen-bond acceptors (Lipinski definition) is 6. The molecule has 5 N–H and O–H groups in total. The third-order valence-corrected chi connectivity index (χ3v) is 7.01. The number of aromatic nitrogens is 2. The SMILES string of the molecule is Cc1cccc(NC(=O)Nc2ccc(-c3csc4c(/C=C/C(=O)NCc5cccnc5)cnc(N)c34)cc2)c1. The van der Waals surface area contributed by atoms with Crippen LogP contribution in [-0.2, 0) is 11.3 Å². The number of thiophene rings is 1. The van der Waals surface area contributed by atoms with Crippen molar-refractivity contribution >= 4 is 56.6 Å². The molecule has 3 heterocycles. The monoisotopic (exact) mass is 534 g/mol. The molecule has 39 heavy (non-hydrogen) atoms. The summed E-state index contributed by atoms with van der Waals surface area (Å²) in [5.41, 5.74) is 12.3. The van der Waals surface area contributed by atoms with Crippen LogP contribution >= 0.6 is 11.3 Å². The molecule has 5 aromatic rings. The third kappa shape index (κ3) is 6.28. The fourth-order valence-corrected chi connectivity index (χ4v) is 5.16. The van der Waals surface area contributed by atoms with E-state index in [1.165, 1.54) is 17.4 Å². The summed E-state index contributed by atoms with van der Waals surface area (Å²) in [5, 5.41) is 11.4. The Balaban J connectivity index is 1.29. The predicted octanol–water partition coefficient (Wildman–Crippen LogP) is 6.22. The zero-order valence-electron chi connectivity index (χ0n) is 21.1. The van der Waals surface area contributed by atoms with Crippen LogP contribution in [0.2, 0.25) is 0 Å². The van der Waals surface area contributed by atoms with Crippen LogP contribution in [0.5, 0.6) is 0 Å². The topological polar surface area (TPSA) is 122 Å². The number of carbonyl (C=O) groups excluding carboxylic acids is 2. The van der Waals surface area contributed by atoms with Gasteiger partial charge < -0.3 is 21.7 Å². The zero-order chi connectivity index (χ0) is 27.2. The van der Waals surface area contributed by atoms with Crippen molar-refractivity contribution < 1.29 is 9.59 Å². The predicted molar refractivity (Wildman–Crippen MR) is 158 cm³/mol. The summed E-state index contributed by atoms with van der Waals surface area (Å²) in [6, 6.07) is 18.6. The Morgan fingerprint density at radius 2 is 1.82 bits per heavy atom. The van der Waals surface area contributed by atoms with Crippen LogP contribution in [0.3, 0.4) is 0 Å². The first-order valence-electron chi connectivity index (χ1n) is 12.2. The van der Waals surface area contributed by atoms with Crippen molar-refractivity contribution in [1.29, 1.82) is 0 Å². The van der Waals surface area contributed by atoms with E-state index in [1.54, 1.807) is 24.7 Å². The molecule has 0 saturated carbocycles. The van der Waals surface area contributed by atoms with E-state index in [0.29, 0.717) is 18.1 Å². The van der Waals surface area contributed by atoms with E-state index >= 15 is 0 Å². The highest BCUT2D eigenvalue weighted by atomic mass is 32.1. The first kappa shape index (κ1) is 25.6. The first-order chi connectivity index (χ1) is 19.0. The van der Waals surface area contributed by atoms with Gasteiger partial charge in [0.2, 0.25) is 5.91 Å². The second-order valence-corrected chi connectivity index (χ2v) is 9.77. The lowest BCUT2D eigenvalue weighted by Gasteiger charge is -2.09. The lowest BCUT2D eigenvalue weighted by molar-refractivity contribution is -0.116. The van der Waals surface area contributed by atoms with Crippen LogP contribution in [0.4, 0.5) is 22.0 Å². The molecule has 0 aliphatic heterocycles. The number of urea groups is 1. The highest BCUT2D eigenvalue weighted by molar-refractivity contribution is 7.18. The van der Waals surface area contributed by atoms with Gasteiger partial charge in [0, 0.05) is 63.8 Å². The molecule has 3 aromatic heterocycles. The maximum atomic E-state index is 12.4.